The number of ether oxygens (including phenoxy) is 1. The molecule has 0 aliphatic rings. The Hall–Kier alpha value is -2.18. The van der Waals surface area contributed by atoms with E-state index in [1.165, 1.54) is 0 Å². The van der Waals surface area contributed by atoms with Gasteiger partial charge in [0.25, 0.3) is 0 Å². The quantitative estimate of drug-likeness (QED) is 0.765. The highest BCUT2D eigenvalue weighted by molar-refractivity contribution is 5.78. The van der Waals surface area contributed by atoms with Gasteiger partial charge in [-0.1, -0.05) is 0 Å². The predicted molar refractivity (Wildman–Crippen MR) is 74.6 cm³/mol. The predicted octanol–water partition coefficient (Wildman–Crippen LogP) is 1.21. The maximum Gasteiger partial charge on any atom is 0.325 e. The smallest absolute Gasteiger partial charge is 0.325 e. The molecule has 7 nitrogen and oxygen atoms in total. The second-order valence-corrected chi connectivity index (χ2v) is 4.72. The highest BCUT2D eigenvalue weighted by atomic mass is 16.5. The summed E-state index contributed by atoms with van der Waals surface area (Å²) in [6.07, 6.45) is 3.48. The van der Waals surface area contributed by atoms with Crippen LogP contribution < -0.4 is 4.90 Å². The fourth-order valence-corrected chi connectivity index (χ4v) is 1.98. The summed E-state index contributed by atoms with van der Waals surface area (Å²) in [5.41, 5.74) is 0.642. The number of nitrogens with zero attached hydrogens (tertiary/aromatic N) is 5. The lowest BCUT2D eigenvalue weighted by atomic mass is 10.3. The number of hydrogen-bond acceptors (Lipinski definition) is 6. The first-order chi connectivity index (χ1) is 9.54. The van der Waals surface area contributed by atoms with Gasteiger partial charge in [-0.25, -0.2) is 4.98 Å². The number of carbonyl (C=O) groups is 1. The molecule has 108 valence electrons. The van der Waals surface area contributed by atoms with Crippen LogP contribution in [-0.4, -0.2) is 44.7 Å². The molecule has 0 fully saturated rings. The first-order valence-electron chi connectivity index (χ1n) is 6.63. The van der Waals surface area contributed by atoms with Crippen LogP contribution in [0.15, 0.2) is 12.4 Å². The van der Waals surface area contributed by atoms with Gasteiger partial charge >= 0.3 is 5.97 Å². The molecule has 0 N–H and O–H groups in total. The summed E-state index contributed by atoms with van der Waals surface area (Å²) in [7, 11) is 0. The van der Waals surface area contributed by atoms with E-state index in [-0.39, 0.29) is 18.6 Å². The van der Waals surface area contributed by atoms with Gasteiger partial charge in [0.2, 0.25) is 5.65 Å². The zero-order chi connectivity index (χ0) is 14.7. The highest BCUT2D eigenvalue weighted by Crippen LogP contribution is 2.19. The van der Waals surface area contributed by atoms with Gasteiger partial charge < -0.3 is 9.64 Å². The van der Waals surface area contributed by atoms with Gasteiger partial charge in [-0.3, -0.25) is 9.20 Å². The first-order valence-corrected chi connectivity index (χ1v) is 6.63. The molecule has 0 aromatic carbocycles. The molecule has 2 rings (SSSR count). The van der Waals surface area contributed by atoms with Crippen molar-refractivity contribution in [3.63, 3.8) is 0 Å². The SMILES string of the molecule is CCOC(=O)CN(c1nccn2c(C)nnc12)C(C)C. The van der Waals surface area contributed by atoms with Crippen molar-refractivity contribution >= 4 is 17.4 Å². The molecule has 2 aromatic rings. The van der Waals surface area contributed by atoms with Crippen LogP contribution in [0.2, 0.25) is 0 Å². The van der Waals surface area contributed by atoms with E-state index < -0.39 is 0 Å². The van der Waals surface area contributed by atoms with Crippen molar-refractivity contribution in [3.05, 3.63) is 18.2 Å². The van der Waals surface area contributed by atoms with Crippen LogP contribution in [0, 0.1) is 6.92 Å². The maximum atomic E-state index is 11.7. The molecular weight excluding hydrogens is 258 g/mol. The minimum absolute atomic E-state index is 0.0927. The monoisotopic (exact) mass is 277 g/mol. The number of rotatable bonds is 5. The standard InChI is InChI=1S/C13H19N5O2/c1-5-20-11(19)8-18(9(2)3)12-13-16-15-10(4)17(13)7-6-14-12/h6-7,9H,5,8H2,1-4H3. The fourth-order valence-electron chi connectivity index (χ4n) is 1.98. The van der Waals surface area contributed by atoms with Crippen LogP contribution >= 0.6 is 0 Å². The Morgan fingerprint density at radius 2 is 2.20 bits per heavy atom. The molecule has 0 unspecified atom stereocenters. The van der Waals surface area contributed by atoms with E-state index in [9.17, 15) is 4.79 Å². The Kier molecular flexibility index (Phi) is 4.16. The summed E-state index contributed by atoms with van der Waals surface area (Å²) in [4.78, 5) is 18.0. The number of hydrogen-bond donors (Lipinski definition) is 0. The van der Waals surface area contributed by atoms with Gasteiger partial charge in [-0.15, -0.1) is 10.2 Å². The Morgan fingerprint density at radius 1 is 1.45 bits per heavy atom. The van der Waals surface area contributed by atoms with E-state index in [4.69, 9.17) is 4.74 Å². The molecule has 0 saturated carbocycles. The third kappa shape index (κ3) is 2.71. The molecule has 2 heterocycles. The molecule has 0 radical (unpaired) electrons. The largest absolute Gasteiger partial charge is 0.465 e. The Labute approximate surface area is 117 Å². The molecule has 0 aliphatic heterocycles. The van der Waals surface area contributed by atoms with Crippen molar-refractivity contribution in [3.8, 4) is 0 Å². The lowest BCUT2D eigenvalue weighted by Crippen LogP contribution is -2.37. The van der Waals surface area contributed by atoms with Crippen LogP contribution in [0.4, 0.5) is 5.82 Å². The van der Waals surface area contributed by atoms with Crippen molar-refractivity contribution in [2.45, 2.75) is 33.7 Å². The summed E-state index contributed by atoms with van der Waals surface area (Å²) in [6.45, 7) is 8.16. The van der Waals surface area contributed by atoms with Crippen molar-refractivity contribution in [1.29, 1.82) is 0 Å². The first kappa shape index (κ1) is 14.2. The zero-order valence-electron chi connectivity index (χ0n) is 12.2. The third-order valence-electron chi connectivity index (χ3n) is 2.98. The number of anilines is 1. The molecule has 0 saturated heterocycles. The third-order valence-corrected chi connectivity index (χ3v) is 2.98. The van der Waals surface area contributed by atoms with Crippen molar-refractivity contribution in [2.24, 2.45) is 0 Å². The number of fused-ring (bicyclic) bond motifs is 1. The average Bonchev–Trinajstić information content (AvgIpc) is 2.78. The summed E-state index contributed by atoms with van der Waals surface area (Å²) in [6, 6.07) is 0.0927. The van der Waals surface area contributed by atoms with Crippen molar-refractivity contribution in [2.75, 3.05) is 18.1 Å². The number of aryl methyl sites for hydroxylation is 1. The molecule has 0 bridgehead atoms. The van der Waals surface area contributed by atoms with E-state index in [1.54, 1.807) is 19.3 Å². The molecule has 0 amide bonds. The van der Waals surface area contributed by atoms with Gasteiger partial charge in [0.15, 0.2) is 5.82 Å². The van der Waals surface area contributed by atoms with Crippen molar-refractivity contribution in [1.82, 2.24) is 19.6 Å². The molecular formula is C13H19N5O2. The minimum Gasteiger partial charge on any atom is -0.465 e. The Bertz CT molecular complexity index is 608. The van der Waals surface area contributed by atoms with E-state index in [2.05, 4.69) is 15.2 Å². The summed E-state index contributed by atoms with van der Waals surface area (Å²) < 4.78 is 6.86. The van der Waals surface area contributed by atoms with Gasteiger partial charge in [0.05, 0.1) is 6.61 Å². The van der Waals surface area contributed by atoms with E-state index in [0.717, 1.165) is 5.82 Å². The van der Waals surface area contributed by atoms with Crippen LogP contribution in [0.25, 0.3) is 5.65 Å². The van der Waals surface area contributed by atoms with Gasteiger partial charge in [-0.05, 0) is 27.7 Å². The average molecular weight is 277 g/mol. The Morgan fingerprint density at radius 3 is 2.85 bits per heavy atom. The fraction of sp³-hybridized carbons (Fsp3) is 0.538. The number of esters is 1. The Balaban J connectivity index is 2.39. The summed E-state index contributed by atoms with van der Waals surface area (Å²) in [5.74, 6) is 1.14. The summed E-state index contributed by atoms with van der Waals surface area (Å²) >= 11 is 0. The normalized spacial score (nSPS) is 11.1. The van der Waals surface area contributed by atoms with Gasteiger partial charge in [-0.2, -0.15) is 0 Å². The molecule has 20 heavy (non-hydrogen) atoms. The van der Waals surface area contributed by atoms with Crippen molar-refractivity contribution < 1.29 is 9.53 Å². The molecule has 2 aromatic heterocycles. The lowest BCUT2D eigenvalue weighted by Gasteiger charge is -2.26. The van der Waals surface area contributed by atoms with Crippen LogP contribution in [-0.2, 0) is 9.53 Å². The number of aromatic nitrogens is 4. The van der Waals surface area contributed by atoms with E-state index >= 15 is 0 Å². The molecule has 0 atom stereocenters. The molecule has 7 heteroatoms. The van der Waals surface area contributed by atoms with Crippen LogP contribution in [0.1, 0.15) is 26.6 Å². The lowest BCUT2D eigenvalue weighted by molar-refractivity contribution is -0.141. The highest BCUT2D eigenvalue weighted by Gasteiger charge is 2.20. The van der Waals surface area contributed by atoms with Gasteiger partial charge in [0.1, 0.15) is 12.4 Å². The molecule has 0 aliphatic carbocycles. The second-order valence-electron chi connectivity index (χ2n) is 4.72. The van der Waals surface area contributed by atoms with Crippen LogP contribution in [0.3, 0.4) is 0 Å². The minimum atomic E-state index is -0.277. The van der Waals surface area contributed by atoms with E-state index in [1.807, 2.05) is 30.1 Å². The topological polar surface area (TPSA) is 72.6 Å². The van der Waals surface area contributed by atoms with E-state index in [0.29, 0.717) is 18.1 Å². The maximum absolute atomic E-state index is 11.7. The number of carbonyl (C=O) groups excluding carboxylic acids is 1. The second kappa shape index (κ2) is 5.85. The van der Waals surface area contributed by atoms with Gasteiger partial charge in [0, 0.05) is 18.4 Å². The van der Waals surface area contributed by atoms with Crippen LogP contribution in [0.5, 0.6) is 0 Å². The molecule has 0 spiro atoms. The summed E-state index contributed by atoms with van der Waals surface area (Å²) in [5, 5.41) is 8.18. The zero-order valence-corrected chi connectivity index (χ0v) is 12.2.